The molecule has 2 aromatic rings. The summed E-state index contributed by atoms with van der Waals surface area (Å²) in [5.74, 6) is 0.907. The van der Waals surface area contributed by atoms with E-state index in [4.69, 9.17) is 0 Å². The van der Waals surface area contributed by atoms with E-state index in [0.29, 0.717) is 28.8 Å². The summed E-state index contributed by atoms with van der Waals surface area (Å²) in [5.41, 5.74) is 2.37. The average Bonchev–Trinajstić information content (AvgIpc) is 3.34. The van der Waals surface area contributed by atoms with Crippen molar-refractivity contribution in [3.05, 3.63) is 66.4 Å². The Morgan fingerprint density at radius 1 is 1.23 bits per heavy atom. The van der Waals surface area contributed by atoms with Crippen molar-refractivity contribution in [3.8, 4) is 11.5 Å². The molecule has 1 aromatic carbocycles. The number of aryl methyl sites for hydroxylation is 1. The Balaban J connectivity index is 1.54. The zero-order valence-electron chi connectivity index (χ0n) is 16.6. The normalized spacial score (nSPS) is 12.2. The molecule has 2 aliphatic heterocycles. The van der Waals surface area contributed by atoms with Crippen LogP contribution in [0.2, 0.25) is 0 Å². The van der Waals surface area contributed by atoms with Crippen molar-refractivity contribution in [1.82, 2.24) is 24.3 Å². The Morgan fingerprint density at radius 3 is 2.73 bits per heavy atom. The van der Waals surface area contributed by atoms with Crippen molar-refractivity contribution < 1.29 is 9.18 Å². The Bertz CT molecular complexity index is 1120. The molecule has 0 saturated heterocycles. The second-order valence-electron chi connectivity index (χ2n) is 6.86. The van der Waals surface area contributed by atoms with Gasteiger partial charge in [-0.25, -0.2) is 14.4 Å². The number of fused-ring (bicyclic) bond motifs is 1. The standard InChI is InChI=1S/C21H21FN6OS/c1-3-18(20(29)24-16-11-23-27(2)12-16)28-10-4-5-17-19(28)26-21(25-17)30-13-14-6-8-15(22)9-7-14/h4-12,18H,3,13H2,1-2H3,(H,24,29). The Labute approximate surface area is 177 Å². The fourth-order valence-corrected chi connectivity index (χ4v) is 3.99. The third-order valence-corrected chi connectivity index (χ3v) is 5.59. The zero-order valence-corrected chi connectivity index (χ0v) is 17.4. The van der Waals surface area contributed by atoms with Gasteiger partial charge in [-0.05, 0) is 36.2 Å². The highest BCUT2D eigenvalue weighted by atomic mass is 32.2. The Morgan fingerprint density at radius 2 is 2.03 bits per heavy atom. The fraction of sp³-hybridized carbons (Fsp3) is 0.238. The minimum absolute atomic E-state index is 0.133. The van der Waals surface area contributed by atoms with Gasteiger partial charge in [-0.15, -0.1) is 0 Å². The molecular weight excluding hydrogens is 403 g/mol. The largest absolute Gasteiger partial charge is 0.322 e. The lowest BCUT2D eigenvalue weighted by Crippen LogP contribution is -2.26. The van der Waals surface area contributed by atoms with Gasteiger partial charge in [0.15, 0.2) is 11.0 Å². The zero-order chi connectivity index (χ0) is 21.1. The van der Waals surface area contributed by atoms with E-state index in [1.165, 1.54) is 23.9 Å². The summed E-state index contributed by atoms with van der Waals surface area (Å²) < 4.78 is 16.6. The van der Waals surface area contributed by atoms with E-state index in [-0.39, 0.29) is 11.7 Å². The SMILES string of the molecule is CCC(C(=O)Nc1cnn(C)c1)n1cccc2nc(SCc3ccc(F)cc3)nc1-2. The quantitative estimate of drug-likeness (QED) is 0.451. The predicted octanol–water partition coefficient (Wildman–Crippen LogP) is 4.14. The number of rotatable bonds is 7. The summed E-state index contributed by atoms with van der Waals surface area (Å²) in [5, 5.41) is 7.61. The van der Waals surface area contributed by atoms with E-state index in [0.717, 1.165) is 11.3 Å². The highest BCUT2D eigenvalue weighted by Crippen LogP contribution is 2.29. The molecule has 3 heterocycles. The monoisotopic (exact) mass is 424 g/mol. The molecule has 7 nitrogen and oxygen atoms in total. The average molecular weight is 425 g/mol. The lowest BCUT2D eigenvalue weighted by Gasteiger charge is -2.20. The summed E-state index contributed by atoms with van der Waals surface area (Å²) in [6, 6.07) is 9.71. The van der Waals surface area contributed by atoms with Gasteiger partial charge >= 0.3 is 0 Å². The van der Waals surface area contributed by atoms with Crippen LogP contribution in [0, 0.1) is 5.82 Å². The van der Waals surface area contributed by atoms with Gasteiger partial charge in [0.2, 0.25) is 5.91 Å². The van der Waals surface area contributed by atoms with Gasteiger partial charge in [-0.1, -0.05) is 30.8 Å². The van der Waals surface area contributed by atoms with Crippen molar-refractivity contribution in [3.63, 3.8) is 0 Å². The summed E-state index contributed by atoms with van der Waals surface area (Å²) in [6.07, 6.45) is 5.81. The highest BCUT2D eigenvalue weighted by Gasteiger charge is 2.24. The number of halogens is 1. The van der Waals surface area contributed by atoms with Crippen LogP contribution in [-0.2, 0) is 17.6 Å². The van der Waals surface area contributed by atoms with E-state index in [1.807, 2.05) is 29.8 Å². The molecule has 0 saturated carbocycles. The molecule has 1 amide bonds. The minimum atomic E-state index is -0.430. The number of pyridine rings is 1. The topological polar surface area (TPSA) is 77.6 Å². The molecule has 30 heavy (non-hydrogen) atoms. The van der Waals surface area contributed by atoms with E-state index >= 15 is 0 Å². The van der Waals surface area contributed by atoms with Crippen LogP contribution in [0.5, 0.6) is 0 Å². The van der Waals surface area contributed by atoms with Crippen LogP contribution in [0.3, 0.4) is 0 Å². The second kappa shape index (κ2) is 8.66. The first-order valence-corrected chi connectivity index (χ1v) is 10.5. The van der Waals surface area contributed by atoms with Gasteiger partial charge in [-0.3, -0.25) is 9.48 Å². The van der Waals surface area contributed by atoms with Crippen LogP contribution in [0.15, 0.2) is 60.1 Å². The van der Waals surface area contributed by atoms with Crippen molar-refractivity contribution in [2.45, 2.75) is 30.3 Å². The Hall–Kier alpha value is -3.20. The maximum Gasteiger partial charge on any atom is 0.247 e. The molecule has 2 aliphatic rings. The molecule has 0 spiro atoms. The van der Waals surface area contributed by atoms with Crippen LogP contribution >= 0.6 is 11.8 Å². The van der Waals surface area contributed by atoms with Gasteiger partial charge in [0.05, 0.1) is 11.9 Å². The van der Waals surface area contributed by atoms with Gasteiger partial charge in [-0.2, -0.15) is 5.10 Å². The van der Waals surface area contributed by atoms with Crippen LogP contribution in [0.25, 0.3) is 11.5 Å². The number of nitrogens with one attached hydrogen (secondary N) is 1. The van der Waals surface area contributed by atoms with Crippen LogP contribution in [0.1, 0.15) is 24.9 Å². The number of carbonyl (C=O) groups is 1. The number of thioether (sulfide) groups is 1. The third-order valence-electron chi connectivity index (χ3n) is 4.67. The van der Waals surface area contributed by atoms with Crippen LogP contribution in [-0.4, -0.2) is 30.2 Å². The molecule has 4 rings (SSSR count). The van der Waals surface area contributed by atoms with Gasteiger partial charge in [0, 0.05) is 25.2 Å². The van der Waals surface area contributed by atoms with Gasteiger partial charge < -0.3 is 9.88 Å². The molecule has 1 atom stereocenters. The molecule has 0 radical (unpaired) electrons. The molecule has 0 aliphatic carbocycles. The number of hydrogen-bond acceptors (Lipinski definition) is 5. The lowest BCUT2D eigenvalue weighted by molar-refractivity contribution is -0.119. The van der Waals surface area contributed by atoms with E-state index in [2.05, 4.69) is 20.4 Å². The summed E-state index contributed by atoms with van der Waals surface area (Å²) in [7, 11) is 1.80. The Kier molecular flexibility index (Phi) is 5.80. The molecular formula is C21H21FN6OS. The van der Waals surface area contributed by atoms with Crippen LogP contribution in [0.4, 0.5) is 10.1 Å². The molecule has 0 fully saturated rings. The first kappa shape index (κ1) is 20.1. The minimum Gasteiger partial charge on any atom is -0.322 e. The molecule has 154 valence electrons. The molecule has 1 aromatic heterocycles. The number of anilines is 1. The number of imidazole rings is 1. The highest BCUT2D eigenvalue weighted by molar-refractivity contribution is 7.98. The summed E-state index contributed by atoms with van der Waals surface area (Å²) in [4.78, 5) is 22.1. The van der Waals surface area contributed by atoms with Gasteiger partial charge in [0.25, 0.3) is 0 Å². The molecule has 0 bridgehead atoms. The maximum atomic E-state index is 13.1. The second-order valence-corrected chi connectivity index (χ2v) is 7.80. The van der Waals surface area contributed by atoms with E-state index in [9.17, 15) is 9.18 Å². The fourth-order valence-electron chi connectivity index (χ4n) is 3.19. The number of aromatic nitrogens is 5. The summed E-state index contributed by atoms with van der Waals surface area (Å²) >= 11 is 1.48. The van der Waals surface area contributed by atoms with Crippen molar-refractivity contribution >= 4 is 23.4 Å². The number of carbonyl (C=O) groups excluding carboxylic acids is 1. The van der Waals surface area contributed by atoms with Crippen molar-refractivity contribution in [2.24, 2.45) is 7.05 Å². The van der Waals surface area contributed by atoms with Crippen molar-refractivity contribution in [1.29, 1.82) is 0 Å². The number of nitrogens with zero attached hydrogens (tertiary/aromatic N) is 5. The third kappa shape index (κ3) is 4.35. The number of hydrogen-bond donors (Lipinski definition) is 1. The maximum absolute atomic E-state index is 13.1. The predicted molar refractivity (Wildman–Crippen MR) is 114 cm³/mol. The smallest absolute Gasteiger partial charge is 0.247 e. The lowest BCUT2D eigenvalue weighted by atomic mass is 10.1. The van der Waals surface area contributed by atoms with E-state index < -0.39 is 6.04 Å². The van der Waals surface area contributed by atoms with Crippen molar-refractivity contribution in [2.75, 3.05) is 5.32 Å². The van der Waals surface area contributed by atoms with E-state index in [1.54, 1.807) is 36.3 Å². The number of benzene rings is 1. The summed E-state index contributed by atoms with van der Waals surface area (Å²) in [6.45, 7) is 1.96. The number of amides is 1. The molecule has 1 N–H and O–H groups in total. The van der Waals surface area contributed by atoms with Gasteiger partial charge in [0.1, 0.15) is 17.6 Å². The molecule has 9 heteroatoms. The van der Waals surface area contributed by atoms with Crippen LogP contribution < -0.4 is 5.32 Å². The molecule has 1 unspecified atom stereocenters. The first-order chi connectivity index (χ1) is 14.5. The first-order valence-electron chi connectivity index (χ1n) is 9.55.